The molecule has 0 atom stereocenters. The highest BCUT2D eigenvalue weighted by molar-refractivity contribution is 5.79. The number of ether oxygens (including phenoxy) is 2. The fourth-order valence-electron chi connectivity index (χ4n) is 4.55. The zero-order valence-electron chi connectivity index (χ0n) is 21.0. The molecule has 0 radical (unpaired) electrons. The predicted molar refractivity (Wildman–Crippen MR) is 139 cm³/mol. The maximum atomic E-state index is 13.2. The molecule has 1 N–H and O–H groups in total. The molecule has 0 unspecified atom stereocenters. The summed E-state index contributed by atoms with van der Waals surface area (Å²) >= 11 is 0. The largest absolute Gasteiger partial charge is 0.497 e. The Morgan fingerprint density at radius 2 is 1.33 bits per heavy atom. The first kappa shape index (κ1) is 25.7. The minimum absolute atomic E-state index is 0.0152. The van der Waals surface area contributed by atoms with Gasteiger partial charge in [-0.15, -0.1) is 0 Å². The van der Waals surface area contributed by atoms with Crippen LogP contribution in [0.4, 0.5) is 4.39 Å². The first-order valence-electron chi connectivity index (χ1n) is 12.3. The van der Waals surface area contributed by atoms with E-state index >= 15 is 0 Å². The molecular weight excluding hydrogens is 457 g/mol. The van der Waals surface area contributed by atoms with Gasteiger partial charge in [0.2, 0.25) is 5.91 Å². The monoisotopic (exact) mass is 491 g/mol. The summed E-state index contributed by atoms with van der Waals surface area (Å²) in [5.41, 5.74) is 3.07. The van der Waals surface area contributed by atoms with Crippen LogP contribution in [-0.2, 0) is 11.3 Å². The molecule has 3 aromatic carbocycles. The lowest BCUT2D eigenvalue weighted by atomic mass is 9.98. The lowest BCUT2D eigenvalue weighted by Gasteiger charge is -2.24. The van der Waals surface area contributed by atoms with E-state index in [-0.39, 0.29) is 17.8 Å². The third kappa shape index (κ3) is 7.06. The minimum atomic E-state index is -0.281. The highest BCUT2D eigenvalue weighted by atomic mass is 19.1. The average Bonchev–Trinajstić information content (AvgIpc) is 3.13. The van der Waals surface area contributed by atoms with Crippen molar-refractivity contribution in [2.45, 2.75) is 19.0 Å². The maximum Gasteiger partial charge on any atom is 0.234 e. The standard InChI is InChI=1S/C29H34FN3O3/c1-35-26-12-6-23(7-13-26)29(24-8-14-27(36-2)15-9-24)31-28(34)21-33-17-3-16-32(18-19-33)20-22-4-10-25(30)11-5-22/h4-15,29H,3,16-21H2,1-2H3,(H,31,34). The second-order valence-corrected chi connectivity index (χ2v) is 9.08. The molecule has 0 spiro atoms. The molecule has 7 heteroatoms. The molecule has 3 aromatic rings. The van der Waals surface area contributed by atoms with E-state index in [9.17, 15) is 9.18 Å². The van der Waals surface area contributed by atoms with Crippen molar-refractivity contribution in [2.24, 2.45) is 0 Å². The van der Waals surface area contributed by atoms with Gasteiger partial charge in [0.05, 0.1) is 26.8 Å². The smallest absolute Gasteiger partial charge is 0.234 e. The summed E-state index contributed by atoms with van der Waals surface area (Å²) in [7, 11) is 3.28. The van der Waals surface area contributed by atoms with Crippen LogP contribution in [0.25, 0.3) is 0 Å². The maximum absolute atomic E-state index is 13.2. The van der Waals surface area contributed by atoms with Gasteiger partial charge in [-0.25, -0.2) is 4.39 Å². The second-order valence-electron chi connectivity index (χ2n) is 9.08. The van der Waals surface area contributed by atoms with Gasteiger partial charge in [0.25, 0.3) is 0 Å². The fourth-order valence-corrected chi connectivity index (χ4v) is 4.55. The lowest BCUT2D eigenvalue weighted by Crippen LogP contribution is -2.40. The van der Waals surface area contributed by atoms with E-state index in [2.05, 4.69) is 15.1 Å². The predicted octanol–water partition coefficient (Wildman–Crippen LogP) is 4.26. The lowest BCUT2D eigenvalue weighted by molar-refractivity contribution is -0.122. The van der Waals surface area contributed by atoms with Crippen molar-refractivity contribution < 1.29 is 18.7 Å². The summed E-state index contributed by atoms with van der Waals surface area (Å²) in [5.74, 6) is 1.31. The third-order valence-corrected chi connectivity index (χ3v) is 6.57. The molecule has 1 heterocycles. The summed E-state index contributed by atoms with van der Waals surface area (Å²) < 4.78 is 23.8. The van der Waals surface area contributed by atoms with Crippen LogP contribution < -0.4 is 14.8 Å². The van der Waals surface area contributed by atoms with Crippen LogP contribution in [0, 0.1) is 5.82 Å². The Balaban J connectivity index is 1.38. The number of hydrogen-bond donors (Lipinski definition) is 1. The third-order valence-electron chi connectivity index (χ3n) is 6.57. The molecule has 1 amide bonds. The van der Waals surface area contributed by atoms with Crippen molar-refractivity contribution in [3.05, 3.63) is 95.3 Å². The van der Waals surface area contributed by atoms with Crippen molar-refractivity contribution in [1.82, 2.24) is 15.1 Å². The van der Waals surface area contributed by atoms with Gasteiger partial charge in [0, 0.05) is 19.6 Å². The first-order chi connectivity index (χ1) is 17.5. The van der Waals surface area contributed by atoms with Gasteiger partial charge < -0.3 is 14.8 Å². The Labute approximate surface area is 212 Å². The van der Waals surface area contributed by atoms with E-state index < -0.39 is 0 Å². The molecule has 1 fully saturated rings. The van der Waals surface area contributed by atoms with Crippen LogP contribution in [0.3, 0.4) is 0 Å². The summed E-state index contributed by atoms with van der Waals surface area (Å²) in [6.45, 7) is 4.62. The van der Waals surface area contributed by atoms with Crippen LogP contribution in [0.15, 0.2) is 72.8 Å². The number of amides is 1. The summed E-state index contributed by atoms with van der Waals surface area (Å²) in [4.78, 5) is 17.8. The van der Waals surface area contributed by atoms with Gasteiger partial charge in [-0.05, 0) is 72.6 Å². The Kier molecular flexibility index (Phi) is 8.92. The fraction of sp³-hybridized carbons (Fsp3) is 0.345. The molecule has 1 aliphatic rings. The van der Waals surface area contributed by atoms with E-state index in [1.165, 1.54) is 12.1 Å². The SMILES string of the molecule is COc1ccc(C(NC(=O)CN2CCCN(Cc3ccc(F)cc3)CC2)c2ccc(OC)cc2)cc1. The van der Waals surface area contributed by atoms with Crippen LogP contribution >= 0.6 is 0 Å². The number of rotatable bonds is 9. The highest BCUT2D eigenvalue weighted by Gasteiger charge is 2.21. The van der Waals surface area contributed by atoms with E-state index in [0.717, 1.165) is 67.3 Å². The molecule has 1 saturated heterocycles. The molecule has 190 valence electrons. The quantitative estimate of drug-likeness (QED) is 0.485. The number of carbonyl (C=O) groups excluding carboxylic acids is 1. The number of carbonyl (C=O) groups is 1. The first-order valence-corrected chi connectivity index (χ1v) is 12.3. The molecule has 0 saturated carbocycles. The van der Waals surface area contributed by atoms with Gasteiger partial charge in [-0.3, -0.25) is 14.6 Å². The van der Waals surface area contributed by atoms with Crippen LogP contribution in [-0.4, -0.2) is 62.7 Å². The summed E-state index contributed by atoms with van der Waals surface area (Å²) in [6, 6.07) is 21.9. The molecule has 0 aliphatic carbocycles. The van der Waals surface area contributed by atoms with Crippen molar-refractivity contribution in [1.29, 1.82) is 0 Å². The van der Waals surface area contributed by atoms with Crippen molar-refractivity contribution in [3.8, 4) is 11.5 Å². The molecule has 0 aromatic heterocycles. The van der Waals surface area contributed by atoms with Gasteiger partial charge >= 0.3 is 0 Å². The van der Waals surface area contributed by atoms with Crippen LogP contribution in [0.5, 0.6) is 11.5 Å². The molecule has 1 aliphatic heterocycles. The molecule has 36 heavy (non-hydrogen) atoms. The average molecular weight is 492 g/mol. The minimum Gasteiger partial charge on any atom is -0.497 e. The number of hydrogen-bond acceptors (Lipinski definition) is 5. The summed E-state index contributed by atoms with van der Waals surface area (Å²) in [6.07, 6.45) is 0.981. The van der Waals surface area contributed by atoms with Gasteiger partial charge in [0.1, 0.15) is 17.3 Å². The Morgan fingerprint density at radius 1 is 0.806 bits per heavy atom. The Morgan fingerprint density at radius 3 is 1.89 bits per heavy atom. The zero-order chi connectivity index (χ0) is 25.3. The van der Waals surface area contributed by atoms with E-state index in [1.54, 1.807) is 14.2 Å². The number of methoxy groups -OCH3 is 2. The van der Waals surface area contributed by atoms with Gasteiger partial charge in [-0.1, -0.05) is 36.4 Å². The molecular formula is C29H34FN3O3. The molecule has 4 rings (SSSR count). The number of nitrogens with zero attached hydrogens (tertiary/aromatic N) is 2. The Hall–Kier alpha value is -3.42. The van der Waals surface area contributed by atoms with E-state index in [4.69, 9.17) is 9.47 Å². The van der Waals surface area contributed by atoms with Crippen molar-refractivity contribution >= 4 is 5.91 Å². The van der Waals surface area contributed by atoms with E-state index in [1.807, 2.05) is 60.7 Å². The molecule has 6 nitrogen and oxygen atoms in total. The van der Waals surface area contributed by atoms with E-state index in [0.29, 0.717) is 6.54 Å². The second kappa shape index (κ2) is 12.5. The van der Waals surface area contributed by atoms with Crippen molar-refractivity contribution in [2.75, 3.05) is 46.9 Å². The molecule has 0 bridgehead atoms. The van der Waals surface area contributed by atoms with Crippen LogP contribution in [0.1, 0.15) is 29.2 Å². The van der Waals surface area contributed by atoms with Gasteiger partial charge in [-0.2, -0.15) is 0 Å². The van der Waals surface area contributed by atoms with Crippen LogP contribution in [0.2, 0.25) is 0 Å². The van der Waals surface area contributed by atoms with Gasteiger partial charge in [0.15, 0.2) is 0 Å². The van der Waals surface area contributed by atoms with Crippen molar-refractivity contribution in [3.63, 3.8) is 0 Å². The number of nitrogens with one attached hydrogen (secondary N) is 1. The number of halogens is 1. The highest BCUT2D eigenvalue weighted by Crippen LogP contribution is 2.26. The Bertz CT molecular complexity index is 1060. The number of benzene rings is 3. The normalized spacial score (nSPS) is 14.9. The zero-order valence-corrected chi connectivity index (χ0v) is 21.0. The summed E-state index contributed by atoms with van der Waals surface area (Å²) in [5, 5.41) is 3.24. The topological polar surface area (TPSA) is 54.0 Å².